The van der Waals surface area contributed by atoms with Gasteiger partial charge in [0.25, 0.3) is 15.0 Å². The lowest BCUT2D eigenvalue weighted by Crippen LogP contribution is -2.29. The molecule has 0 saturated heterocycles. The van der Waals surface area contributed by atoms with Crippen molar-refractivity contribution in [2.24, 2.45) is 5.41 Å². The van der Waals surface area contributed by atoms with Crippen molar-refractivity contribution in [1.82, 2.24) is 5.32 Å². The van der Waals surface area contributed by atoms with Gasteiger partial charge in [-0.1, -0.05) is 18.5 Å². The molecule has 19 heavy (non-hydrogen) atoms. The average Bonchev–Trinajstić information content (AvgIpc) is 3.04. The van der Waals surface area contributed by atoms with Gasteiger partial charge in [0.1, 0.15) is 4.90 Å². The van der Waals surface area contributed by atoms with Crippen molar-refractivity contribution in [1.29, 1.82) is 0 Å². The molecule has 2 rings (SSSR count). The predicted molar refractivity (Wildman–Crippen MR) is 74.2 cm³/mol. The minimum atomic E-state index is -3.96. The molecule has 0 spiro atoms. The van der Waals surface area contributed by atoms with Crippen LogP contribution in [0.1, 0.15) is 30.1 Å². The summed E-state index contributed by atoms with van der Waals surface area (Å²) >= 11 is 5.75. The zero-order valence-corrected chi connectivity index (χ0v) is 12.6. The third-order valence-electron chi connectivity index (χ3n) is 3.24. The van der Waals surface area contributed by atoms with Crippen molar-refractivity contribution in [3.63, 3.8) is 0 Å². The third kappa shape index (κ3) is 3.61. The molecule has 1 fully saturated rings. The Morgan fingerprint density at radius 2 is 2.05 bits per heavy atom. The maximum atomic E-state index is 11.9. The number of carbonyl (C=O) groups is 1. The zero-order valence-electron chi connectivity index (χ0n) is 10.2. The molecular formula is C12H13Cl2NO3S. The van der Waals surface area contributed by atoms with Gasteiger partial charge in [-0.3, -0.25) is 4.79 Å². The lowest BCUT2D eigenvalue weighted by Gasteiger charge is -2.10. The summed E-state index contributed by atoms with van der Waals surface area (Å²) in [5.74, 6) is -0.327. The Morgan fingerprint density at radius 3 is 2.58 bits per heavy atom. The van der Waals surface area contributed by atoms with Crippen LogP contribution in [0.15, 0.2) is 23.1 Å². The predicted octanol–water partition coefficient (Wildman–Crippen LogP) is 2.80. The monoisotopic (exact) mass is 321 g/mol. The average molecular weight is 322 g/mol. The molecule has 0 heterocycles. The number of halogens is 2. The Morgan fingerprint density at radius 1 is 1.42 bits per heavy atom. The van der Waals surface area contributed by atoms with Crippen LogP contribution in [0, 0.1) is 5.41 Å². The largest absolute Gasteiger partial charge is 0.351 e. The van der Waals surface area contributed by atoms with E-state index in [0.29, 0.717) is 6.54 Å². The molecule has 1 aromatic carbocycles. The van der Waals surface area contributed by atoms with Gasteiger partial charge in [-0.05, 0) is 36.5 Å². The molecule has 0 aliphatic heterocycles. The lowest BCUT2D eigenvalue weighted by atomic mass is 10.1. The van der Waals surface area contributed by atoms with Crippen LogP contribution in [-0.2, 0) is 9.05 Å². The quantitative estimate of drug-likeness (QED) is 0.867. The normalized spacial score (nSPS) is 17.0. The second-order valence-electron chi connectivity index (χ2n) is 5.08. The van der Waals surface area contributed by atoms with Gasteiger partial charge in [-0.15, -0.1) is 0 Å². The molecule has 1 aliphatic carbocycles. The third-order valence-corrected chi connectivity index (χ3v) is 5.04. The number of carbonyl (C=O) groups excluding carboxylic acids is 1. The van der Waals surface area contributed by atoms with E-state index in [2.05, 4.69) is 12.2 Å². The van der Waals surface area contributed by atoms with Gasteiger partial charge in [0.15, 0.2) is 0 Å². The van der Waals surface area contributed by atoms with Gasteiger partial charge in [0.05, 0.1) is 5.02 Å². The number of amides is 1. The fourth-order valence-electron chi connectivity index (χ4n) is 1.62. The van der Waals surface area contributed by atoms with E-state index >= 15 is 0 Å². The second kappa shape index (κ2) is 4.96. The number of benzene rings is 1. The molecule has 0 bridgehead atoms. The van der Waals surface area contributed by atoms with Crippen molar-refractivity contribution in [3.8, 4) is 0 Å². The first-order chi connectivity index (χ1) is 8.71. The molecule has 1 N–H and O–H groups in total. The Kier molecular flexibility index (Phi) is 3.82. The molecule has 1 saturated carbocycles. The van der Waals surface area contributed by atoms with E-state index in [1.807, 2.05) is 0 Å². The van der Waals surface area contributed by atoms with Gasteiger partial charge in [0.2, 0.25) is 0 Å². The van der Waals surface area contributed by atoms with E-state index in [9.17, 15) is 13.2 Å². The van der Waals surface area contributed by atoms with Crippen molar-refractivity contribution >= 4 is 37.2 Å². The van der Waals surface area contributed by atoms with Gasteiger partial charge in [-0.2, -0.15) is 0 Å². The number of rotatable bonds is 4. The highest BCUT2D eigenvalue weighted by atomic mass is 35.7. The summed E-state index contributed by atoms with van der Waals surface area (Å²) in [6.45, 7) is 2.67. The van der Waals surface area contributed by atoms with Crippen LogP contribution in [0.4, 0.5) is 0 Å². The number of nitrogens with one attached hydrogen (secondary N) is 1. The first-order valence-corrected chi connectivity index (χ1v) is 8.42. The van der Waals surface area contributed by atoms with Gasteiger partial charge < -0.3 is 5.32 Å². The molecule has 7 heteroatoms. The van der Waals surface area contributed by atoms with Crippen molar-refractivity contribution in [2.45, 2.75) is 24.7 Å². The van der Waals surface area contributed by atoms with Crippen LogP contribution in [0.5, 0.6) is 0 Å². The van der Waals surface area contributed by atoms with Crippen molar-refractivity contribution < 1.29 is 13.2 Å². The highest BCUT2D eigenvalue weighted by Gasteiger charge is 2.37. The lowest BCUT2D eigenvalue weighted by molar-refractivity contribution is 0.0946. The highest BCUT2D eigenvalue weighted by molar-refractivity contribution is 8.13. The maximum Gasteiger partial charge on any atom is 0.262 e. The fourth-order valence-corrected chi connectivity index (χ4v) is 3.11. The minimum Gasteiger partial charge on any atom is -0.351 e. The fraction of sp³-hybridized carbons (Fsp3) is 0.417. The summed E-state index contributed by atoms with van der Waals surface area (Å²) < 4.78 is 22.6. The molecular weight excluding hydrogens is 309 g/mol. The number of hydrogen-bond acceptors (Lipinski definition) is 3. The van der Waals surface area contributed by atoms with Crippen LogP contribution in [-0.4, -0.2) is 20.9 Å². The Hall–Kier alpha value is -0.780. The summed E-state index contributed by atoms with van der Waals surface area (Å²) in [7, 11) is 1.30. The molecule has 0 radical (unpaired) electrons. The standard InChI is InChI=1S/C12H13Cl2NO3S/c1-12(4-5-12)7-15-11(16)8-2-3-9(13)10(6-8)19(14,17)18/h2-3,6H,4-5,7H2,1H3,(H,15,16). The van der Waals surface area contributed by atoms with Gasteiger partial charge in [0, 0.05) is 22.8 Å². The summed E-state index contributed by atoms with van der Waals surface area (Å²) in [4.78, 5) is 11.7. The summed E-state index contributed by atoms with van der Waals surface area (Å²) in [5, 5.41) is 2.78. The first-order valence-electron chi connectivity index (χ1n) is 5.74. The topological polar surface area (TPSA) is 63.2 Å². The molecule has 4 nitrogen and oxygen atoms in total. The van der Waals surface area contributed by atoms with Gasteiger partial charge >= 0.3 is 0 Å². The molecule has 1 aromatic rings. The summed E-state index contributed by atoms with van der Waals surface area (Å²) in [5.41, 5.74) is 0.414. The molecule has 0 atom stereocenters. The van der Waals surface area contributed by atoms with Crippen LogP contribution in [0.2, 0.25) is 5.02 Å². The van der Waals surface area contributed by atoms with Crippen LogP contribution in [0.25, 0.3) is 0 Å². The first kappa shape index (κ1) is 14.6. The van der Waals surface area contributed by atoms with Crippen LogP contribution < -0.4 is 5.32 Å². The molecule has 1 amide bonds. The van der Waals surface area contributed by atoms with Crippen LogP contribution >= 0.6 is 22.3 Å². The minimum absolute atomic E-state index is 0.000653. The zero-order chi connectivity index (χ0) is 14.3. The van der Waals surface area contributed by atoms with Gasteiger partial charge in [-0.25, -0.2) is 8.42 Å². The van der Waals surface area contributed by atoms with Crippen molar-refractivity contribution in [3.05, 3.63) is 28.8 Å². The molecule has 104 valence electrons. The summed E-state index contributed by atoms with van der Waals surface area (Å²) in [6.07, 6.45) is 2.18. The van der Waals surface area contributed by atoms with E-state index in [0.717, 1.165) is 12.8 Å². The Balaban J connectivity index is 2.18. The van der Waals surface area contributed by atoms with Crippen molar-refractivity contribution in [2.75, 3.05) is 6.54 Å². The summed E-state index contributed by atoms with van der Waals surface area (Å²) in [6, 6.07) is 4.01. The SMILES string of the molecule is CC1(CNC(=O)c2ccc(Cl)c(S(=O)(=O)Cl)c2)CC1. The smallest absolute Gasteiger partial charge is 0.262 e. The maximum absolute atomic E-state index is 11.9. The molecule has 0 aromatic heterocycles. The molecule has 0 unspecified atom stereocenters. The highest BCUT2D eigenvalue weighted by Crippen LogP contribution is 2.44. The Bertz CT molecular complexity index is 624. The van der Waals surface area contributed by atoms with E-state index in [1.54, 1.807) is 0 Å². The van der Waals surface area contributed by atoms with E-state index in [4.69, 9.17) is 22.3 Å². The van der Waals surface area contributed by atoms with Crippen LogP contribution in [0.3, 0.4) is 0 Å². The van der Waals surface area contributed by atoms with E-state index in [1.165, 1.54) is 18.2 Å². The number of hydrogen-bond donors (Lipinski definition) is 1. The molecule has 1 aliphatic rings. The Labute approximate surface area is 121 Å². The van der Waals surface area contributed by atoms with E-state index in [-0.39, 0.29) is 26.8 Å². The second-order valence-corrected chi connectivity index (χ2v) is 8.02. The van der Waals surface area contributed by atoms with E-state index < -0.39 is 9.05 Å².